The second kappa shape index (κ2) is 9.04. The lowest BCUT2D eigenvalue weighted by molar-refractivity contribution is 0.212. The zero-order valence-electron chi connectivity index (χ0n) is 13.5. The first kappa shape index (κ1) is 18.0. The van der Waals surface area contributed by atoms with Gasteiger partial charge in [-0.1, -0.05) is 39.5 Å². The molecule has 1 aliphatic rings. The van der Waals surface area contributed by atoms with Gasteiger partial charge < -0.3 is 5.32 Å². The van der Waals surface area contributed by atoms with Gasteiger partial charge in [-0.05, 0) is 44.6 Å². The highest BCUT2D eigenvalue weighted by molar-refractivity contribution is 7.91. The number of hydrogen-bond acceptors (Lipinski definition) is 3. The highest BCUT2D eigenvalue weighted by Gasteiger charge is 2.26. The van der Waals surface area contributed by atoms with Crippen molar-refractivity contribution in [3.63, 3.8) is 0 Å². The Labute approximate surface area is 125 Å². The van der Waals surface area contributed by atoms with Crippen molar-refractivity contribution >= 4 is 9.84 Å². The van der Waals surface area contributed by atoms with E-state index in [-0.39, 0.29) is 5.75 Å². The molecule has 1 aliphatic carbocycles. The average molecular weight is 304 g/mol. The van der Waals surface area contributed by atoms with Crippen LogP contribution in [0.25, 0.3) is 0 Å². The quantitative estimate of drug-likeness (QED) is 0.710. The largest absolute Gasteiger partial charge is 0.317 e. The van der Waals surface area contributed by atoms with Crippen molar-refractivity contribution in [2.75, 3.05) is 18.6 Å². The highest BCUT2D eigenvalue weighted by atomic mass is 32.2. The van der Waals surface area contributed by atoms with Crippen LogP contribution in [0, 0.1) is 11.8 Å². The van der Waals surface area contributed by atoms with Gasteiger partial charge >= 0.3 is 0 Å². The molecular formula is C16H33NO2S. The van der Waals surface area contributed by atoms with E-state index in [0.717, 1.165) is 24.7 Å². The summed E-state index contributed by atoms with van der Waals surface area (Å²) in [5, 5.41) is 3.43. The van der Waals surface area contributed by atoms with Gasteiger partial charge in [-0.2, -0.15) is 0 Å². The van der Waals surface area contributed by atoms with E-state index < -0.39 is 9.84 Å². The summed E-state index contributed by atoms with van der Waals surface area (Å²) in [5.41, 5.74) is 0. The highest BCUT2D eigenvalue weighted by Crippen LogP contribution is 2.34. The maximum absolute atomic E-state index is 11.5. The Morgan fingerprint density at radius 1 is 1.15 bits per heavy atom. The molecule has 1 atom stereocenters. The summed E-state index contributed by atoms with van der Waals surface area (Å²) in [6.07, 6.45) is 9.85. The minimum absolute atomic E-state index is 0.277. The first-order chi connectivity index (χ1) is 9.52. The fourth-order valence-electron chi connectivity index (χ4n) is 3.57. The average Bonchev–Trinajstić information content (AvgIpc) is 2.45. The monoisotopic (exact) mass is 303 g/mol. The molecule has 0 aromatic heterocycles. The zero-order valence-corrected chi connectivity index (χ0v) is 14.3. The fourth-order valence-corrected chi connectivity index (χ4v) is 4.47. The van der Waals surface area contributed by atoms with Crippen molar-refractivity contribution in [2.24, 2.45) is 11.8 Å². The summed E-state index contributed by atoms with van der Waals surface area (Å²) >= 11 is 0. The standard InChI is InChI=1S/C16H33NO2S/c1-4-7-14-9-11-15(12-10-14)16(17-3)8-6-13-20(18,19)5-2/h14-17H,4-13H2,1-3H3. The lowest BCUT2D eigenvalue weighted by Crippen LogP contribution is -2.36. The van der Waals surface area contributed by atoms with E-state index >= 15 is 0 Å². The molecule has 0 amide bonds. The number of rotatable bonds is 9. The van der Waals surface area contributed by atoms with Gasteiger partial charge in [-0.3, -0.25) is 0 Å². The van der Waals surface area contributed by atoms with E-state index in [1.165, 1.54) is 38.5 Å². The molecule has 0 aromatic rings. The molecule has 0 radical (unpaired) electrons. The van der Waals surface area contributed by atoms with Crippen LogP contribution in [-0.4, -0.2) is 33.0 Å². The Balaban J connectivity index is 2.33. The van der Waals surface area contributed by atoms with Crippen LogP contribution in [0.15, 0.2) is 0 Å². The molecule has 1 unspecified atom stereocenters. The number of sulfone groups is 1. The second-order valence-electron chi connectivity index (χ2n) is 6.34. The summed E-state index contributed by atoms with van der Waals surface area (Å²) in [7, 11) is -0.773. The lowest BCUT2D eigenvalue weighted by Gasteiger charge is -2.34. The Morgan fingerprint density at radius 3 is 2.30 bits per heavy atom. The van der Waals surface area contributed by atoms with Gasteiger partial charge in [0.1, 0.15) is 9.84 Å². The predicted molar refractivity (Wildman–Crippen MR) is 86.8 cm³/mol. The van der Waals surface area contributed by atoms with Crippen LogP contribution in [0.1, 0.15) is 65.2 Å². The van der Waals surface area contributed by atoms with Crippen LogP contribution >= 0.6 is 0 Å². The molecule has 1 rings (SSSR count). The minimum atomic E-state index is -2.80. The maximum Gasteiger partial charge on any atom is 0.150 e. The van der Waals surface area contributed by atoms with Crippen molar-refractivity contribution in [3.05, 3.63) is 0 Å². The van der Waals surface area contributed by atoms with Gasteiger partial charge in [-0.25, -0.2) is 8.42 Å². The van der Waals surface area contributed by atoms with Crippen molar-refractivity contribution < 1.29 is 8.42 Å². The van der Waals surface area contributed by atoms with Crippen LogP contribution in [0.4, 0.5) is 0 Å². The molecule has 1 fully saturated rings. The van der Waals surface area contributed by atoms with Crippen molar-refractivity contribution in [3.8, 4) is 0 Å². The molecule has 0 aliphatic heterocycles. The molecule has 0 bridgehead atoms. The van der Waals surface area contributed by atoms with E-state index in [4.69, 9.17) is 0 Å². The van der Waals surface area contributed by atoms with Crippen LogP contribution in [0.2, 0.25) is 0 Å². The van der Waals surface area contributed by atoms with Crippen molar-refractivity contribution in [1.82, 2.24) is 5.32 Å². The first-order valence-corrected chi connectivity index (χ1v) is 10.2. The summed E-state index contributed by atoms with van der Waals surface area (Å²) in [6.45, 7) is 4.01. The van der Waals surface area contributed by atoms with E-state index in [9.17, 15) is 8.42 Å². The Bertz CT molecular complexity index is 345. The van der Waals surface area contributed by atoms with Gasteiger partial charge in [0.25, 0.3) is 0 Å². The second-order valence-corrected chi connectivity index (χ2v) is 8.82. The minimum Gasteiger partial charge on any atom is -0.317 e. The maximum atomic E-state index is 11.5. The zero-order chi connectivity index (χ0) is 15.0. The van der Waals surface area contributed by atoms with Gasteiger partial charge in [-0.15, -0.1) is 0 Å². The van der Waals surface area contributed by atoms with Gasteiger partial charge in [0.15, 0.2) is 0 Å². The summed E-state index contributed by atoms with van der Waals surface area (Å²) < 4.78 is 23.1. The third-order valence-electron chi connectivity index (χ3n) is 4.94. The molecule has 20 heavy (non-hydrogen) atoms. The molecule has 1 N–H and O–H groups in total. The topological polar surface area (TPSA) is 46.2 Å². The molecule has 4 heteroatoms. The van der Waals surface area contributed by atoms with Crippen LogP contribution in [0.3, 0.4) is 0 Å². The molecule has 0 aromatic carbocycles. The third kappa shape index (κ3) is 6.13. The van der Waals surface area contributed by atoms with Crippen molar-refractivity contribution in [2.45, 2.75) is 71.3 Å². The smallest absolute Gasteiger partial charge is 0.150 e. The van der Waals surface area contributed by atoms with Gasteiger partial charge in [0.05, 0.1) is 5.75 Å². The molecule has 0 heterocycles. The number of hydrogen-bond donors (Lipinski definition) is 1. The molecule has 0 saturated heterocycles. The SMILES string of the molecule is CCCC1CCC(C(CCCS(=O)(=O)CC)NC)CC1. The van der Waals surface area contributed by atoms with Crippen LogP contribution in [-0.2, 0) is 9.84 Å². The summed E-state index contributed by atoms with van der Waals surface area (Å²) in [6, 6.07) is 0.504. The fraction of sp³-hybridized carbons (Fsp3) is 1.00. The van der Waals surface area contributed by atoms with Gasteiger partial charge in [0.2, 0.25) is 0 Å². The summed E-state index contributed by atoms with van der Waals surface area (Å²) in [4.78, 5) is 0. The van der Waals surface area contributed by atoms with E-state index in [0.29, 0.717) is 11.8 Å². The van der Waals surface area contributed by atoms with Crippen molar-refractivity contribution in [1.29, 1.82) is 0 Å². The molecule has 0 spiro atoms. The first-order valence-electron chi connectivity index (χ1n) is 8.40. The van der Waals surface area contributed by atoms with E-state index in [2.05, 4.69) is 12.2 Å². The molecule has 120 valence electrons. The third-order valence-corrected chi connectivity index (χ3v) is 6.73. The Morgan fingerprint density at radius 2 is 1.80 bits per heavy atom. The van der Waals surface area contributed by atoms with Crippen LogP contribution in [0.5, 0.6) is 0 Å². The predicted octanol–water partition coefficient (Wildman–Crippen LogP) is 3.40. The normalized spacial score (nSPS) is 25.6. The lowest BCUT2D eigenvalue weighted by atomic mass is 9.76. The van der Waals surface area contributed by atoms with E-state index in [1.54, 1.807) is 6.92 Å². The Kier molecular flexibility index (Phi) is 8.11. The molecule has 3 nitrogen and oxygen atoms in total. The Hall–Kier alpha value is -0.0900. The molecular weight excluding hydrogens is 270 g/mol. The van der Waals surface area contributed by atoms with E-state index in [1.807, 2.05) is 7.05 Å². The van der Waals surface area contributed by atoms with Gasteiger partial charge in [0, 0.05) is 11.8 Å². The number of nitrogens with one attached hydrogen (secondary N) is 1. The molecule has 1 saturated carbocycles. The summed E-state index contributed by atoms with van der Waals surface area (Å²) in [5.74, 6) is 2.32. The van der Waals surface area contributed by atoms with Crippen LogP contribution < -0.4 is 5.32 Å².